The third-order valence-corrected chi connectivity index (χ3v) is 3.46. The number of hydrogen-bond donors (Lipinski definition) is 2. The molecule has 6 heteroatoms. The van der Waals surface area contributed by atoms with Crippen LogP contribution in [-0.2, 0) is 13.0 Å². The minimum absolute atomic E-state index is 0.424. The number of guanidine groups is 1. The summed E-state index contributed by atoms with van der Waals surface area (Å²) in [5.41, 5.74) is 7.92. The SMILES string of the molecule is NC(=NCc1ccccn1)NCCc1ccc2c(c1)OCCO2. The van der Waals surface area contributed by atoms with Crippen LogP contribution in [0.25, 0.3) is 0 Å². The highest BCUT2D eigenvalue weighted by Gasteiger charge is 2.11. The average Bonchev–Trinajstić information content (AvgIpc) is 2.61. The zero-order valence-corrected chi connectivity index (χ0v) is 12.9. The lowest BCUT2D eigenvalue weighted by molar-refractivity contribution is 0.171. The van der Waals surface area contributed by atoms with Gasteiger partial charge in [-0.15, -0.1) is 0 Å². The number of benzene rings is 1. The van der Waals surface area contributed by atoms with E-state index in [1.807, 2.05) is 36.4 Å². The molecule has 0 bridgehead atoms. The molecule has 1 aliphatic rings. The predicted molar refractivity (Wildman–Crippen MR) is 88.7 cm³/mol. The van der Waals surface area contributed by atoms with E-state index < -0.39 is 0 Å². The van der Waals surface area contributed by atoms with Crippen LogP contribution in [0.2, 0.25) is 0 Å². The lowest BCUT2D eigenvalue weighted by Gasteiger charge is -2.18. The molecule has 6 nitrogen and oxygen atoms in total. The number of aromatic nitrogens is 1. The highest BCUT2D eigenvalue weighted by Crippen LogP contribution is 2.30. The summed E-state index contributed by atoms with van der Waals surface area (Å²) in [6.45, 7) is 2.39. The van der Waals surface area contributed by atoms with Gasteiger partial charge in [0.2, 0.25) is 0 Å². The van der Waals surface area contributed by atoms with Crippen molar-refractivity contribution >= 4 is 5.96 Å². The summed E-state index contributed by atoms with van der Waals surface area (Å²) in [7, 11) is 0. The molecule has 1 aromatic heterocycles. The molecule has 1 aliphatic heterocycles. The van der Waals surface area contributed by atoms with Gasteiger partial charge in [0.25, 0.3) is 0 Å². The zero-order chi connectivity index (χ0) is 15.9. The van der Waals surface area contributed by atoms with Crippen molar-refractivity contribution in [2.45, 2.75) is 13.0 Å². The maximum absolute atomic E-state index is 5.86. The van der Waals surface area contributed by atoms with Crippen molar-refractivity contribution in [3.8, 4) is 11.5 Å². The van der Waals surface area contributed by atoms with Gasteiger partial charge in [0.05, 0.1) is 12.2 Å². The predicted octanol–water partition coefficient (Wildman–Crippen LogP) is 1.50. The largest absolute Gasteiger partial charge is 0.486 e. The van der Waals surface area contributed by atoms with Crippen molar-refractivity contribution in [2.24, 2.45) is 10.7 Å². The number of ether oxygens (including phenoxy) is 2. The van der Waals surface area contributed by atoms with Crippen molar-refractivity contribution in [2.75, 3.05) is 19.8 Å². The molecule has 2 heterocycles. The van der Waals surface area contributed by atoms with E-state index in [0.717, 1.165) is 23.6 Å². The van der Waals surface area contributed by atoms with Gasteiger partial charge >= 0.3 is 0 Å². The molecule has 120 valence electrons. The third-order valence-electron chi connectivity index (χ3n) is 3.46. The van der Waals surface area contributed by atoms with Gasteiger partial charge in [-0.1, -0.05) is 12.1 Å². The molecular weight excluding hydrogens is 292 g/mol. The molecule has 0 saturated heterocycles. The highest BCUT2D eigenvalue weighted by molar-refractivity contribution is 5.77. The average molecular weight is 312 g/mol. The second-order valence-corrected chi connectivity index (χ2v) is 5.18. The maximum Gasteiger partial charge on any atom is 0.188 e. The van der Waals surface area contributed by atoms with Gasteiger partial charge in [-0.05, 0) is 36.2 Å². The molecule has 0 spiro atoms. The molecule has 0 atom stereocenters. The van der Waals surface area contributed by atoms with E-state index in [4.69, 9.17) is 15.2 Å². The van der Waals surface area contributed by atoms with Crippen LogP contribution >= 0.6 is 0 Å². The van der Waals surface area contributed by atoms with Crippen molar-refractivity contribution in [3.05, 3.63) is 53.9 Å². The Morgan fingerprint density at radius 1 is 1.17 bits per heavy atom. The second kappa shape index (κ2) is 7.49. The highest BCUT2D eigenvalue weighted by atomic mass is 16.6. The fourth-order valence-corrected chi connectivity index (χ4v) is 2.29. The minimum Gasteiger partial charge on any atom is -0.486 e. The number of aliphatic imine (C=N–C) groups is 1. The van der Waals surface area contributed by atoms with Crippen LogP contribution in [0, 0.1) is 0 Å². The summed E-state index contributed by atoms with van der Waals surface area (Å²) in [6, 6.07) is 11.7. The van der Waals surface area contributed by atoms with Crippen molar-refractivity contribution in [1.29, 1.82) is 0 Å². The summed E-state index contributed by atoms with van der Waals surface area (Å²) >= 11 is 0. The Balaban J connectivity index is 1.47. The van der Waals surface area contributed by atoms with E-state index in [0.29, 0.717) is 32.3 Å². The Morgan fingerprint density at radius 2 is 2.04 bits per heavy atom. The van der Waals surface area contributed by atoms with Crippen molar-refractivity contribution < 1.29 is 9.47 Å². The van der Waals surface area contributed by atoms with E-state index in [1.54, 1.807) is 6.20 Å². The molecule has 0 radical (unpaired) electrons. The Kier molecular flexibility index (Phi) is 4.93. The van der Waals surface area contributed by atoms with Crippen LogP contribution in [0.15, 0.2) is 47.6 Å². The van der Waals surface area contributed by atoms with Crippen LogP contribution in [0.3, 0.4) is 0 Å². The van der Waals surface area contributed by atoms with Crippen molar-refractivity contribution in [1.82, 2.24) is 10.3 Å². The van der Waals surface area contributed by atoms with Crippen LogP contribution in [0.1, 0.15) is 11.3 Å². The zero-order valence-electron chi connectivity index (χ0n) is 12.9. The summed E-state index contributed by atoms with van der Waals surface area (Å²) < 4.78 is 11.1. The number of fused-ring (bicyclic) bond motifs is 1. The molecule has 0 aliphatic carbocycles. The monoisotopic (exact) mass is 312 g/mol. The van der Waals surface area contributed by atoms with E-state index >= 15 is 0 Å². The van der Waals surface area contributed by atoms with Crippen LogP contribution in [0.4, 0.5) is 0 Å². The van der Waals surface area contributed by atoms with E-state index in [9.17, 15) is 0 Å². The number of nitrogens with one attached hydrogen (secondary N) is 1. The number of nitrogens with zero attached hydrogens (tertiary/aromatic N) is 2. The van der Waals surface area contributed by atoms with Crippen LogP contribution in [-0.4, -0.2) is 30.7 Å². The normalized spacial score (nSPS) is 13.7. The molecule has 0 amide bonds. The second-order valence-electron chi connectivity index (χ2n) is 5.18. The summed E-state index contributed by atoms with van der Waals surface area (Å²) in [6.07, 6.45) is 2.58. The maximum atomic E-state index is 5.86. The van der Waals surface area contributed by atoms with Crippen LogP contribution < -0.4 is 20.5 Å². The van der Waals surface area contributed by atoms with Crippen molar-refractivity contribution in [3.63, 3.8) is 0 Å². The molecule has 3 N–H and O–H groups in total. The third kappa shape index (κ3) is 4.35. The van der Waals surface area contributed by atoms with Gasteiger partial charge in [0, 0.05) is 12.7 Å². The molecular formula is C17H20N4O2. The molecule has 1 aromatic carbocycles. The smallest absolute Gasteiger partial charge is 0.188 e. The van der Waals surface area contributed by atoms with Gasteiger partial charge < -0.3 is 20.5 Å². The lowest BCUT2D eigenvalue weighted by atomic mass is 10.1. The first-order valence-corrected chi connectivity index (χ1v) is 7.63. The molecule has 2 aromatic rings. The van der Waals surface area contributed by atoms with Gasteiger partial charge in [-0.3, -0.25) is 4.98 Å². The molecule has 23 heavy (non-hydrogen) atoms. The molecule has 3 rings (SSSR count). The fraction of sp³-hybridized carbons (Fsp3) is 0.294. The first-order valence-electron chi connectivity index (χ1n) is 7.63. The standard InChI is InChI=1S/C17H20N4O2/c18-17(21-12-14-3-1-2-7-19-14)20-8-6-13-4-5-15-16(11-13)23-10-9-22-15/h1-5,7,11H,6,8-10,12H2,(H3,18,20,21). The van der Waals surface area contributed by atoms with E-state index in [2.05, 4.69) is 15.3 Å². The number of rotatable bonds is 5. The molecule has 0 unspecified atom stereocenters. The lowest BCUT2D eigenvalue weighted by Crippen LogP contribution is -2.33. The van der Waals surface area contributed by atoms with Gasteiger partial charge in [0.15, 0.2) is 17.5 Å². The first-order chi connectivity index (χ1) is 11.3. The van der Waals surface area contributed by atoms with Crippen LogP contribution in [0.5, 0.6) is 11.5 Å². The quantitative estimate of drug-likeness (QED) is 0.646. The number of nitrogens with two attached hydrogens (primary N) is 1. The minimum atomic E-state index is 0.424. The first kappa shape index (κ1) is 15.1. The molecule has 0 saturated carbocycles. The Labute approximate surface area is 135 Å². The van der Waals surface area contributed by atoms with E-state index in [1.165, 1.54) is 5.56 Å². The Morgan fingerprint density at radius 3 is 2.87 bits per heavy atom. The topological polar surface area (TPSA) is 81.8 Å². The molecule has 0 fully saturated rings. The Bertz CT molecular complexity index is 674. The van der Waals surface area contributed by atoms with Gasteiger partial charge in [0.1, 0.15) is 13.2 Å². The van der Waals surface area contributed by atoms with Gasteiger partial charge in [-0.2, -0.15) is 0 Å². The number of hydrogen-bond acceptors (Lipinski definition) is 4. The number of pyridine rings is 1. The van der Waals surface area contributed by atoms with E-state index in [-0.39, 0.29) is 0 Å². The summed E-state index contributed by atoms with van der Waals surface area (Å²) in [5.74, 6) is 2.04. The Hall–Kier alpha value is -2.76. The van der Waals surface area contributed by atoms with Gasteiger partial charge in [-0.25, -0.2) is 4.99 Å². The fourth-order valence-electron chi connectivity index (χ4n) is 2.29. The summed E-state index contributed by atoms with van der Waals surface area (Å²) in [4.78, 5) is 8.48. The summed E-state index contributed by atoms with van der Waals surface area (Å²) in [5, 5.41) is 3.11.